The Morgan fingerprint density at radius 2 is 1.79 bits per heavy atom. The fourth-order valence-corrected chi connectivity index (χ4v) is 5.14. The van der Waals surface area contributed by atoms with Crippen LogP contribution in [0.5, 0.6) is 0 Å². The zero-order valence-corrected chi connectivity index (χ0v) is 18.2. The molecule has 2 fully saturated rings. The number of carbonyl (C=O) groups excluding carboxylic acids is 2. The van der Waals surface area contributed by atoms with Crippen LogP contribution >= 0.6 is 0 Å². The predicted octanol–water partition coefficient (Wildman–Crippen LogP) is 4.29. The molecule has 1 saturated carbocycles. The lowest BCUT2D eigenvalue weighted by Crippen LogP contribution is -2.20. The highest BCUT2D eigenvalue weighted by Crippen LogP contribution is 2.69. The molecule has 0 spiro atoms. The number of hydrogen-bond donors (Lipinski definition) is 1. The van der Waals surface area contributed by atoms with E-state index in [1.54, 1.807) is 7.05 Å². The number of hydrogen-bond acceptors (Lipinski definition) is 3. The number of fused-ring (bicyclic) bond motifs is 1. The third-order valence-corrected chi connectivity index (χ3v) is 7.71. The highest BCUT2D eigenvalue weighted by Gasteiger charge is 2.68. The van der Waals surface area contributed by atoms with E-state index >= 15 is 0 Å². The average Bonchev–Trinajstić information content (AvgIpc) is 2.96. The number of aromatic nitrogens is 1. The number of carbonyl (C=O) groups is 2. The van der Waals surface area contributed by atoms with Crippen LogP contribution in [0, 0.1) is 22.7 Å². The van der Waals surface area contributed by atoms with Crippen molar-refractivity contribution in [2.45, 2.75) is 47.1 Å². The fourth-order valence-electron chi connectivity index (χ4n) is 5.14. The van der Waals surface area contributed by atoms with E-state index in [9.17, 15) is 9.59 Å². The monoisotopic (exact) mass is 396 g/mol. The molecule has 0 atom stereocenters. The zero-order valence-electron chi connectivity index (χ0n) is 18.2. The molecule has 0 unspecified atom stereocenters. The van der Waals surface area contributed by atoms with Crippen molar-refractivity contribution in [1.82, 2.24) is 9.88 Å². The summed E-state index contributed by atoms with van der Waals surface area (Å²) in [5.74, 6) is 0.620. The lowest BCUT2D eigenvalue weighted by molar-refractivity contribution is 0.0616. The molecule has 156 valence electrons. The topological polar surface area (TPSA) is 60.3 Å². The van der Waals surface area contributed by atoms with Gasteiger partial charge in [0.05, 0.1) is 0 Å². The van der Waals surface area contributed by atoms with Gasteiger partial charge in [-0.25, -0.2) is 0 Å². The molecule has 1 aromatic heterocycles. The molecule has 2 heterocycles. The Labute approximate surface area is 172 Å². The summed E-state index contributed by atoms with van der Waals surface area (Å²) in [5, 5.41) is 3.57. The van der Waals surface area contributed by atoms with Crippen LogP contribution in [0.15, 0.2) is 24.4 Å². The number of rotatable bonds is 5. The number of nitrogens with one attached hydrogen (secondary N) is 1. The lowest BCUT2D eigenvalue weighted by Gasteiger charge is -2.22. The highest BCUT2D eigenvalue weighted by molar-refractivity contribution is 6.12. The Bertz CT molecular complexity index is 950. The van der Waals surface area contributed by atoms with E-state index in [2.05, 4.69) is 37.6 Å². The van der Waals surface area contributed by atoms with Crippen LogP contribution in [0.25, 0.3) is 10.9 Å². The summed E-state index contributed by atoms with van der Waals surface area (Å²) in [7, 11) is 1.63. The number of ether oxygens (including phenoxy) is 1. The molecule has 5 nitrogen and oxygen atoms in total. The molecule has 1 aliphatic heterocycles. The van der Waals surface area contributed by atoms with Crippen LogP contribution < -0.4 is 5.32 Å². The molecule has 0 radical (unpaired) electrons. The summed E-state index contributed by atoms with van der Waals surface area (Å²) >= 11 is 0. The first-order valence-electron chi connectivity index (χ1n) is 10.7. The third-order valence-electron chi connectivity index (χ3n) is 7.71. The van der Waals surface area contributed by atoms with E-state index in [1.165, 1.54) is 0 Å². The van der Waals surface area contributed by atoms with Crippen molar-refractivity contribution >= 4 is 22.6 Å². The van der Waals surface area contributed by atoms with Crippen molar-refractivity contribution in [3.8, 4) is 0 Å². The molecule has 5 heteroatoms. The second kappa shape index (κ2) is 6.98. The summed E-state index contributed by atoms with van der Waals surface area (Å²) in [4.78, 5) is 25.8. The number of nitrogens with zero attached hydrogens (tertiary/aromatic N) is 1. The number of benzene rings is 1. The van der Waals surface area contributed by atoms with Crippen molar-refractivity contribution in [1.29, 1.82) is 0 Å². The molecule has 2 aromatic rings. The van der Waals surface area contributed by atoms with Gasteiger partial charge in [0.2, 0.25) is 0 Å². The molecule has 2 aliphatic rings. The molecule has 1 aromatic carbocycles. The van der Waals surface area contributed by atoms with Crippen LogP contribution in [-0.2, 0) is 11.3 Å². The van der Waals surface area contributed by atoms with E-state index in [0.29, 0.717) is 11.5 Å². The maximum absolute atomic E-state index is 13.6. The molecule has 1 N–H and O–H groups in total. The van der Waals surface area contributed by atoms with Gasteiger partial charge in [-0.1, -0.05) is 27.7 Å². The van der Waals surface area contributed by atoms with E-state index < -0.39 is 0 Å². The molecule has 4 rings (SSSR count). The summed E-state index contributed by atoms with van der Waals surface area (Å²) in [6, 6.07) is 5.71. The van der Waals surface area contributed by atoms with Crippen LogP contribution in [0.4, 0.5) is 0 Å². The summed E-state index contributed by atoms with van der Waals surface area (Å²) in [6.45, 7) is 11.2. The largest absolute Gasteiger partial charge is 0.381 e. The summed E-state index contributed by atoms with van der Waals surface area (Å²) < 4.78 is 7.72. The molecular formula is C24H32N2O3. The molecule has 1 aliphatic carbocycles. The van der Waals surface area contributed by atoms with Gasteiger partial charge in [0.15, 0.2) is 5.78 Å². The molecule has 29 heavy (non-hydrogen) atoms. The van der Waals surface area contributed by atoms with Gasteiger partial charge in [0, 0.05) is 61.0 Å². The van der Waals surface area contributed by atoms with Crippen molar-refractivity contribution in [3.63, 3.8) is 0 Å². The number of ketones is 1. The minimum atomic E-state index is -0.130. The van der Waals surface area contributed by atoms with Crippen LogP contribution in [-0.4, -0.2) is 36.5 Å². The van der Waals surface area contributed by atoms with Crippen molar-refractivity contribution in [2.75, 3.05) is 20.3 Å². The zero-order chi connectivity index (χ0) is 21.0. The molecule has 0 bridgehead atoms. The minimum absolute atomic E-state index is 0.000730. The first-order chi connectivity index (χ1) is 13.7. The van der Waals surface area contributed by atoms with Gasteiger partial charge in [-0.15, -0.1) is 0 Å². The Morgan fingerprint density at radius 1 is 1.14 bits per heavy atom. The van der Waals surface area contributed by atoms with Gasteiger partial charge in [0.1, 0.15) is 0 Å². The molecular weight excluding hydrogens is 364 g/mol. The predicted molar refractivity (Wildman–Crippen MR) is 114 cm³/mol. The highest BCUT2D eigenvalue weighted by atomic mass is 16.5. The van der Waals surface area contributed by atoms with E-state index in [0.717, 1.165) is 49.1 Å². The van der Waals surface area contributed by atoms with Gasteiger partial charge >= 0.3 is 0 Å². The maximum Gasteiger partial charge on any atom is 0.251 e. The smallest absolute Gasteiger partial charge is 0.251 e. The van der Waals surface area contributed by atoms with Crippen LogP contribution in [0.2, 0.25) is 0 Å². The normalized spacial score (nSPS) is 21.3. The van der Waals surface area contributed by atoms with Crippen molar-refractivity contribution in [2.24, 2.45) is 22.7 Å². The quantitative estimate of drug-likeness (QED) is 0.767. The van der Waals surface area contributed by atoms with Crippen LogP contribution in [0.3, 0.4) is 0 Å². The van der Waals surface area contributed by atoms with E-state index in [1.807, 2.05) is 24.4 Å². The molecule has 1 saturated heterocycles. The second-order valence-electron chi connectivity index (χ2n) is 9.80. The lowest BCUT2D eigenvalue weighted by atomic mass is 9.99. The average molecular weight is 397 g/mol. The Kier molecular flexibility index (Phi) is 4.85. The maximum atomic E-state index is 13.6. The van der Waals surface area contributed by atoms with Gasteiger partial charge in [-0.3, -0.25) is 9.59 Å². The van der Waals surface area contributed by atoms with Crippen molar-refractivity contribution in [3.05, 3.63) is 35.5 Å². The third kappa shape index (κ3) is 3.20. The minimum Gasteiger partial charge on any atom is -0.381 e. The number of amides is 1. The fraction of sp³-hybridized carbons (Fsp3) is 0.583. The first kappa shape index (κ1) is 20.1. The van der Waals surface area contributed by atoms with Gasteiger partial charge in [0.25, 0.3) is 5.91 Å². The SMILES string of the molecule is CNC(=O)c1ccc2c(c1)c(C(=O)C1C(C)(C)C1(C)C)cn2CC1CCOCC1. The first-order valence-corrected chi connectivity index (χ1v) is 10.7. The van der Waals surface area contributed by atoms with E-state index in [4.69, 9.17) is 4.74 Å². The Hall–Kier alpha value is -2.14. The second-order valence-corrected chi connectivity index (χ2v) is 9.80. The standard InChI is InChI=1S/C24H32N2O3/c1-23(2)21(24(23,3)4)20(27)18-14-26(13-15-8-10-29-11-9-15)19-7-6-16(12-17(18)19)22(28)25-5/h6-7,12,14-15,21H,8-11,13H2,1-5H3,(H,25,28). The van der Waals surface area contributed by atoms with Gasteiger partial charge < -0.3 is 14.6 Å². The summed E-state index contributed by atoms with van der Waals surface area (Å²) in [6.07, 6.45) is 4.12. The van der Waals surface area contributed by atoms with Crippen LogP contribution in [0.1, 0.15) is 61.3 Å². The summed E-state index contributed by atoms with van der Waals surface area (Å²) in [5.41, 5.74) is 2.34. The van der Waals surface area contributed by atoms with Gasteiger partial charge in [-0.05, 0) is 47.8 Å². The number of Topliss-reactive ketones (excluding diaryl/α,β-unsaturated/α-hetero) is 1. The van der Waals surface area contributed by atoms with E-state index in [-0.39, 0.29) is 28.4 Å². The molecule has 1 amide bonds. The van der Waals surface area contributed by atoms with Gasteiger partial charge in [-0.2, -0.15) is 0 Å². The van der Waals surface area contributed by atoms with Crippen molar-refractivity contribution < 1.29 is 14.3 Å². The Morgan fingerprint density at radius 3 is 2.38 bits per heavy atom. The Balaban J connectivity index is 1.77.